The predicted molar refractivity (Wildman–Crippen MR) is 79.4 cm³/mol. The van der Waals surface area contributed by atoms with Gasteiger partial charge in [0.25, 0.3) is 0 Å². The van der Waals surface area contributed by atoms with Gasteiger partial charge in [-0.05, 0) is 24.3 Å². The summed E-state index contributed by atoms with van der Waals surface area (Å²) < 4.78 is 33.9. The molecular formula is C15H11BrF2N2O. The number of rotatable bonds is 3. The van der Waals surface area contributed by atoms with Gasteiger partial charge in [0.2, 0.25) is 0 Å². The average molecular weight is 353 g/mol. The number of fused-ring (bicyclic) bond motifs is 1. The summed E-state index contributed by atoms with van der Waals surface area (Å²) in [6, 6.07) is 10.2. The van der Waals surface area contributed by atoms with Crippen LogP contribution in [-0.4, -0.2) is 0 Å². The van der Waals surface area contributed by atoms with E-state index >= 15 is 0 Å². The first-order chi connectivity index (χ1) is 10.1. The molecule has 3 rings (SSSR count). The van der Waals surface area contributed by atoms with Gasteiger partial charge in [-0.15, -0.1) is 0 Å². The van der Waals surface area contributed by atoms with E-state index in [0.717, 1.165) is 0 Å². The van der Waals surface area contributed by atoms with Gasteiger partial charge in [-0.3, -0.25) is 5.84 Å². The van der Waals surface area contributed by atoms with Crippen molar-refractivity contribution in [2.24, 2.45) is 5.84 Å². The molecule has 2 aromatic carbocycles. The Balaban J connectivity index is 2.11. The van der Waals surface area contributed by atoms with Crippen LogP contribution in [0.3, 0.4) is 0 Å². The first-order valence-electron chi connectivity index (χ1n) is 6.19. The summed E-state index contributed by atoms with van der Waals surface area (Å²) in [5, 5.41) is 0.600. The summed E-state index contributed by atoms with van der Waals surface area (Å²) >= 11 is 3.20. The van der Waals surface area contributed by atoms with Crippen LogP contribution in [0.15, 0.2) is 51.4 Å². The molecule has 0 saturated heterocycles. The van der Waals surface area contributed by atoms with Crippen LogP contribution in [0.2, 0.25) is 0 Å². The first-order valence-corrected chi connectivity index (χ1v) is 6.98. The van der Waals surface area contributed by atoms with Gasteiger partial charge in [-0.25, -0.2) is 14.2 Å². The molecule has 0 bridgehead atoms. The zero-order valence-electron chi connectivity index (χ0n) is 10.7. The number of nitrogens with one attached hydrogen (secondary N) is 1. The third kappa shape index (κ3) is 2.57. The quantitative estimate of drug-likeness (QED) is 0.552. The number of benzene rings is 2. The van der Waals surface area contributed by atoms with E-state index in [9.17, 15) is 8.78 Å². The SMILES string of the molecule is NNC(c1cc2cccc(F)c2o1)c1ccc(Br)cc1F. The maximum absolute atomic E-state index is 14.1. The van der Waals surface area contributed by atoms with Crippen LogP contribution in [0.1, 0.15) is 17.4 Å². The molecule has 108 valence electrons. The fraction of sp³-hybridized carbons (Fsp3) is 0.0667. The monoisotopic (exact) mass is 352 g/mol. The molecule has 0 aliphatic heterocycles. The molecule has 21 heavy (non-hydrogen) atoms. The van der Waals surface area contributed by atoms with E-state index in [1.165, 1.54) is 12.1 Å². The molecule has 1 unspecified atom stereocenters. The normalized spacial score (nSPS) is 12.8. The van der Waals surface area contributed by atoms with Crippen LogP contribution < -0.4 is 11.3 Å². The average Bonchev–Trinajstić information content (AvgIpc) is 2.87. The summed E-state index contributed by atoms with van der Waals surface area (Å²) in [5.41, 5.74) is 2.95. The van der Waals surface area contributed by atoms with E-state index in [-0.39, 0.29) is 5.58 Å². The van der Waals surface area contributed by atoms with E-state index in [4.69, 9.17) is 10.3 Å². The number of hydrogen-bond acceptors (Lipinski definition) is 3. The number of halogens is 3. The Bertz CT molecular complexity index is 803. The second kappa shape index (κ2) is 5.55. The van der Waals surface area contributed by atoms with Crippen LogP contribution in [0, 0.1) is 11.6 Å². The predicted octanol–water partition coefficient (Wildman–Crippen LogP) is 4.03. The summed E-state index contributed by atoms with van der Waals surface area (Å²) in [7, 11) is 0. The van der Waals surface area contributed by atoms with Gasteiger partial charge in [0.15, 0.2) is 11.4 Å². The van der Waals surface area contributed by atoms with E-state index in [2.05, 4.69) is 21.4 Å². The van der Waals surface area contributed by atoms with Crippen molar-refractivity contribution in [2.75, 3.05) is 0 Å². The topological polar surface area (TPSA) is 51.2 Å². The number of hydrogen-bond donors (Lipinski definition) is 2. The van der Waals surface area contributed by atoms with Gasteiger partial charge in [0, 0.05) is 15.4 Å². The Labute approximate surface area is 127 Å². The maximum Gasteiger partial charge on any atom is 0.169 e. The van der Waals surface area contributed by atoms with Crippen molar-refractivity contribution in [1.29, 1.82) is 0 Å². The molecule has 0 spiro atoms. The lowest BCUT2D eigenvalue weighted by atomic mass is 10.0. The van der Waals surface area contributed by atoms with Crippen molar-refractivity contribution in [3.05, 3.63) is 69.9 Å². The lowest BCUT2D eigenvalue weighted by Gasteiger charge is -2.14. The van der Waals surface area contributed by atoms with Crippen LogP contribution in [0.5, 0.6) is 0 Å². The van der Waals surface area contributed by atoms with Gasteiger partial charge in [0.05, 0.1) is 0 Å². The molecular weight excluding hydrogens is 342 g/mol. The third-order valence-corrected chi connectivity index (χ3v) is 3.73. The summed E-state index contributed by atoms with van der Waals surface area (Å²) in [5.74, 6) is 4.96. The molecule has 0 aliphatic rings. The zero-order valence-corrected chi connectivity index (χ0v) is 12.3. The lowest BCUT2D eigenvalue weighted by molar-refractivity contribution is 0.453. The van der Waals surface area contributed by atoms with Crippen LogP contribution in [0.4, 0.5) is 8.78 Å². The highest BCUT2D eigenvalue weighted by Gasteiger charge is 2.21. The Kier molecular flexibility index (Phi) is 3.75. The fourth-order valence-electron chi connectivity index (χ4n) is 2.25. The van der Waals surface area contributed by atoms with Crippen LogP contribution in [-0.2, 0) is 0 Å². The van der Waals surface area contributed by atoms with Crippen LogP contribution >= 0.6 is 15.9 Å². The standard InChI is InChI=1S/C15H11BrF2N2O/c16-9-4-5-10(12(18)7-9)14(20-19)13-6-8-2-1-3-11(17)15(8)21-13/h1-7,14,20H,19H2. The number of hydrazine groups is 1. The molecule has 3 nitrogen and oxygen atoms in total. The smallest absolute Gasteiger partial charge is 0.169 e. The highest BCUT2D eigenvalue weighted by Crippen LogP contribution is 2.31. The van der Waals surface area contributed by atoms with Crippen molar-refractivity contribution in [1.82, 2.24) is 5.43 Å². The Morgan fingerprint density at radius 1 is 1.10 bits per heavy atom. The van der Waals surface area contributed by atoms with Gasteiger partial charge in [-0.2, -0.15) is 0 Å². The molecule has 1 heterocycles. The highest BCUT2D eigenvalue weighted by molar-refractivity contribution is 9.10. The minimum absolute atomic E-state index is 0.130. The van der Waals surface area contributed by atoms with Gasteiger partial charge in [0.1, 0.15) is 17.6 Å². The number of furan rings is 1. The van der Waals surface area contributed by atoms with E-state index in [1.54, 1.807) is 30.3 Å². The molecule has 6 heteroatoms. The Hall–Kier alpha value is -1.76. The molecule has 0 amide bonds. The molecule has 0 saturated carbocycles. The van der Waals surface area contributed by atoms with Gasteiger partial charge >= 0.3 is 0 Å². The highest BCUT2D eigenvalue weighted by atomic mass is 79.9. The van der Waals surface area contributed by atoms with E-state index in [1.807, 2.05) is 0 Å². The third-order valence-electron chi connectivity index (χ3n) is 3.24. The fourth-order valence-corrected chi connectivity index (χ4v) is 2.58. The Morgan fingerprint density at radius 2 is 1.90 bits per heavy atom. The van der Waals surface area contributed by atoms with Crippen molar-refractivity contribution in [3.8, 4) is 0 Å². The summed E-state index contributed by atoms with van der Waals surface area (Å²) in [6.45, 7) is 0. The van der Waals surface area contributed by atoms with E-state index in [0.29, 0.717) is 21.2 Å². The molecule has 0 fully saturated rings. The van der Waals surface area contributed by atoms with Gasteiger partial charge in [-0.1, -0.05) is 34.1 Å². The van der Waals surface area contributed by atoms with E-state index < -0.39 is 17.7 Å². The molecule has 0 aliphatic carbocycles. The van der Waals surface area contributed by atoms with Crippen molar-refractivity contribution < 1.29 is 13.2 Å². The van der Waals surface area contributed by atoms with Crippen molar-refractivity contribution in [2.45, 2.75) is 6.04 Å². The zero-order chi connectivity index (χ0) is 15.0. The molecule has 3 N–H and O–H groups in total. The molecule has 0 radical (unpaired) electrons. The minimum atomic E-state index is -0.704. The van der Waals surface area contributed by atoms with Crippen molar-refractivity contribution >= 4 is 26.9 Å². The van der Waals surface area contributed by atoms with Crippen molar-refractivity contribution in [3.63, 3.8) is 0 Å². The molecule has 1 aromatic heterocycles. The molecule has 1 atom stereocenters. The number of nitrogens with two attached hydrogens (primary N) is 1. The van der Waals surface area contributed by atoms with Gasteiger partial charge < -0.3 is 4.42 Å². The second-order valence-corrected chi connectivity index (χ2v) is 5.49. The number of para-hydroxylation sites is 1. The second-order valence-electron chi connectivity index (χ2n) is 4.57. The lowest BCUT2D eigenvalue weighted by Crippen LogP contribution is -2.29. The minimum Gasteiger partial charge on any atom is -0.456 e. The first kappa shape index (κ1) is 14.2. The molecule has 3 aromatic rings. The van der Waals surface area contributed by atoms with Crippen LogP contribution in [0.25, 0.3) is 11.0 Å². The summed E-state index contributed by atoms with van der Waals surface area (Å²) in [4.78, 5) is 0. The largest absolute Gasteiger partial charge is 0.456 e. The summed E-state index contributed by atoms with van der Waals surface area (Å²) in [6.07, 6.45) is 0. The Morgan fingerprint density at radius 3 is 2.57 bits per heavy atom. The maximum atomic E-state index is 14.1.